The molecule has 0 radical (unpaired) electrons. The van der Waals surface area contributed by atoms with Gasteiger partial charge in [0.1, 0.15) is 11.4 Å². The number of furan rings is 1. The highest BCUT2D eigenvalue weighted by Gasteiger charge is 2.55. The van der Waals surface area contributed by atoms with E-state index in [2.05, 4.69) is 0 Å². The van der Waals surface area contributed by atoms with Crippen molar-refractivity contribution < 1.29 is 13.6 Å². The zero-order valence-electron chi connectivity index (χ0n) is 10.6. The summed E-state index contributed by atoms with van der Waals surface area (Å²) in [5.41, 5.74) is 0.591. The van der Waals surface area contributed by atoms with E-state index in [1.54, 1.807) is 12.1 Å². The Kier molecular flexibility index (Phi) is 2.32. The molecular formula is C16H15FO2. The Balaban J connectivity index is 1.65. The first-order chi connectivity index (χ1) is 9.24. The standard InChI is InChI=1S/C16H15FO2/c17-10-5-6-13-9(7-10)8-14(19-13)16(18)15-11-3-1-2-4-12(11)15/h5-8,11-12,15H,1-4H2. The summed E-state index contributed by atoms with van der Waals surface area (Å²) in [7, 11) is 0. The van der Waals surface area contributed by atoms with Gasteiger partial charge in [-0.25, -0.2) is 4.39 Å². The van der Waals surface area contributed by atoms with Crippen LogP contribution in [0.25, 0.3) is 11.0 Å². The van der Waals surface area contributed by atoms with Crippen LogP contribution in [0.15, 0.2) is 28.7 Å². The smallest absolute Gasteiger partial charge is 0.201 e. The maximum atomic E-state index is 13.1. The Morgan fingerprint density at radius 1 is 1.16 bits per heavy atom. The quantitative estimate of drug-likeness (QED) is 0.756. The summed E-state index contributed by atoms with van der Waals surface area (Å²) in [4.78, 5) is 12.4. The molecule has 3 heteroatoms. The van der Waals surface area contributed by atoms with Gasteiger partial charge in [0.15, 0.2) is 5.76 Å². The van der Waals surface area contributed by atoms with Gasteiger partial charge in [0, 0.05) is 11.3 Å². The molecule has 98 valence electrons. The number of carbonyl (C=O) groups excluding carboxylic acids is 1. The minimum Gasteiger partial charge on any atom is -0.453 e. The number of hydrogen-bond donors (Lipinski definition) is 0. The molecule has 2 aliphatic rings. The molecule has 2 saturated carbocycles. The molecule has 2 nitrogen and oxygen atoms in total. The van der Waals surface area contributed by atoms with Crippen LogP contribution in [0, 0.1) is 23.6 Å². The zero-order chi connectivity index (χ0) is 13.0. The van der Waals surface area contributed by atoms with Gasteiger partial charge in [-0.05, 0) is 48.9 Å². The van der Waals surface area contributed by atoms with E-state index in [9.17, 15) is 9.18 Å². The summed E-state index contributed by atoms with van der Waals surface area (Å²) in [6.45, 7) is 0. The van der Waals surface area contributed by atoms with Crippen LogP contribution in [0.2, 0.25) is 0 Å². The van der Waals surface area contributed by atoms with Crippen LogP contribution in [0.5, 0.6) is 0 Å². The second-order valence-electron chi connectivity index (χ2n) is 5.79. The van der Waals surface area contributed by atoms with Crippen LogP contribution in [-0.2, 0) is 0 Å². The van der Waals surface area contributed by atoms with Gasteiger partial charge in [0.25, 0.3) is 0 Å². The van der Waals surface area contributed by atoms with E-state index in [-0.39, 0.29) is 17.5 Å². The predicted octanol–water partition coefficient (Wildman–Crippen LogP) is 4.19. The summed E-state index contributed by atoms with van der Waals surface area (Å²) in [5.74, 6) is 1.53. The highest BCUT2D eigenvalue weighted by atomic mass is 19.1. The molecule has 0 saturated heterocycles. The third kappa shape index (κ3) is 1.71. The summed E-state index contributed by atoms with van der Waals surface area (Å²) < 4.78 is 18.7. The van der Waals surface area contributed by atoms with Gasteiger partial charge in [-0.1, -0.05) is 12.8 Å². The van der Waals surface area contributed by atoms with E-state index < -0.39 is 0 Å². The SMILES string of the molecule is O=C(c1cc2cc(F)ccc2o1)C1C2CCCCC21. The first kappa shape index (κ1) is 11.2. The van der Waals surface area contributed by atoms with Crippen molar-refractivity contribution in [2.24, 2.45) is 17.8 Å². The van der Waals surface area contributed by atoms with Crippen molar-refractivity contribution in [1.82, 2.24) is 0 Å². The second kappa shape index (κ2) is 3.92. The largest absolute Gasteiger partial charge is 0.453 e. The number of Topliss-reactive ketones (excluding diaryl/α,β-unsaturated/α-hetero) is 1. The predicted molar refractivity (Wildman–Crippen MR) is 69.4 cm³/mol. The zero-order valence-corrected chi connectivity index (χ0v) is 10.6. The summed E-state index contributed by atoms with van der Waals surface area (Å²) >= 11 is 0. The summed E-state index contributed by atoms with van der Waals surface area (Å²) in [5, 5.41) is 0.673. The fourth-order valence-corrected chi connectivity index (χ4v) is 3.68. The maximum absolute atomic E-state index is 13.1. The average Bonchev–Trinajstić information content (AvgIpc) is 2.99. The second-order valence-corrected chi connectivity index (χ2v) is 5.79. The van der Waals surface area contributed by atoms with E-state index in [0.717, 1.165) is 0 Å². The van der Waals surface area contributed by atoms with Crippen LogP contribution in [0.3, 0.4) is 0 Å². The Morgan fingerprint density at radius 3 is 2.63 bits per heavy atom. The van der Waals surface area contributed by atoms with Gasteiger partial charge in [0.2, 0.25) is 5.78 Å². The molecule has 0 bridgehead atoms. The van der Waals surface area contributed by atoms with Gasteiger partial charge in [-0.3, -0.25) is 4.79 Å². The number of carbonyl (C=O) groups is 1. The molecule has 2 aromatic rings. The third-order valence-electron chi connectivity index (χ3n) is 4.68. The van der Waals surface area contributed by atoms with Crippen molar-refractivity contribution in [2.45, 2.75) is 25.7 Å². The first-order valence-electron chi connectivity index (χ1n) is 6.97. The van der Waals surface area contributed by atoms with Gasteiger partial charge in [0.05, 0.1) is 0 Å². The van der Waals surface area contributed by atoms with Gasteiger partial charge >= 0.3 is 0 Å². The Labute approximate surface area is 110 Å². The normalized spacial score (nSPS) is 29.2. The lowest BCUT2D eigenvalue weighted by Crippen LogP contribution is -2.02. The molecule has 0 amide bonds. The van der Waals surface area contributed by atoms with Crippen molar-refractivity contribution in [3.63, 3.8) is 0 Å². The number of rotatable bonds is 2. The van der Waals surface area contributed by atoms with Gasteiger partial charge < -0.3 is 4.42 Å². The highest BCUT2D eigenvalue weighted by Crippen LogP contribution is 2.56. The van der Waals surface area contributed by atoms with Crippen LogP contribution in [0.1, 0.15) is 36.2 Å². The van der Waals surface area contributed by atoms with Crippen LogP contribution in [-0.4, -0.2) is 5.78 Å². The molecule has 2 unspecified atom stereocenters. The molecule has 19 heavy (non-hydrogen) atoms. The Bertz CT molecular complexity index is 646. The van der Waals surface area contributed by atoms with Crippen molar-refractivity contribution in [2.75, 3.05) is 0 Å². The number of benzene rings is 1. The van der Waals surface area contributed by atoms with Crippen molar-refractivity contribution in [3.8, 4) is 0 Å². The molecule has 1 aromatic carbocycles. The van der Waals surface area contributed by atoms with E-state index >= 15 is 0 Å². The third-order valence-corrected chi connectivity index (χ3v) is 4.68. The first-order valence-corrected chi connectivity index (χ1v) is 6.97. The molecule has 2 fully saturated rings. The van der Waals surface area contributed by atoms with E-state index in [0.29, 0.717) is 28.6 Å². The Morgan fingerprint density at radius 2 is 1.89 bits per heavy atom. The summed E-state index contributed by atoms with van der Waals surface area (Å²) in [6.07, 6.45) is 4.85. The van der Waals surface area contributed by atoms with Crippen molar-refractivity contribution >= 4 is 16.8 Å². The minimum absolute atomic E-state index is 0.119. The van der Waals surface area contributed by atoms with Crippen LogP contribution in [0.4, 0.5) is 4.39 Å². The maximum Gasteiger partial charge on any atom is 0.201 e. The van der Waals surface area contributed by atoms with E-state index in [1.165, 1.54) is 37.8 Å². The lowest BCUT2D eigenvalue weighted by molar-refractivity contribution is 0.0931. The van der Waals surface area contributed by atoms with Crippen molar-refractivity contribution in [1.29, 1.82) is 0 Å². The van der Waals surface area contributed by atoms with Crippen LogP contribution < -0.4 is 0 Å². The van der Waals surface area contributed by atoms with Gasteiger partial charge in [-0.2, -0.15) is 0 Å². The lowest BCUT2D eigenvalue weighted by Gasteiger charge is -2.04. The monoisotopic (exact) mass is 258 g/mol. The molecular weight excluding hydrogens is 243 g/mol. The number of hydrogen-bond acceptors (Lipinski definition) is 2. The lowest BCUT2D eigenvalue weighted by atomic mass is 10.0. The van der Waals surface area contributed by atoms with E-state index in [4.69, 9.17) is 4.42 Å². The molecule has 2 atom stereocenters. The minimum atomic E-state index is -0.299. The molecule has 0 aliphatic heterocycles. The van der Waals surface area contributed by atoms with E-state index in [1.807, 2.05) is 0 Å². The van der Waals surface area contributed by atoms with Gasteiger partial charge in [-0.15, -0.1) is 0 Å². The molecule has 0 N–H and O–H groups in total. The number of ketones is 1. The molecule has 2 aliphatic carbocycles. The fraction of sp³-hybridized carbons (Fsp3) is 0.438. The number of halogens is 1. The molecule has 1 heterocycles. The Hall–Kier alpha value is -1.64. The van der Waals surface area contributed by atoms with Crippen LogP contribution >= 0.6 is 0 Å². The number of fused-ring (bicyclic) bond motifs is 2. The fourth-order valence-electron chi connectivity index (χ4n) is 3.68. The molecule has 1 aromatic heterocycles. The molecule has 0 spiro atoms. The topological polar surface area (TPSA) is 30.2 Å². The summed E-state index contributed by atoms with van der Waals surface area (Å²) in [6, 6.07) is 6.04. The molecule has 4 rings (SSSR count). The highest BCUT2D eigenvalue weighted by molar-refractivity contribution is 6.00. The average molecular weight is 258 g/mol. The van der Waals surface area contributed by atoms with Crippen molar-refractivity contribution in [3.05, 3.63) is 35.8 Å².